The van der Waals surface area contributed by atoms with Crippen LogP contribution in [0.3, 0.4) is 0 Å². The molecule has 1 saturated heterocycles. The topological polar surface area (TPSA) is 29.5 Å². The highest BCUT2D eigenvalue weighted by atomic mass is 16.5. The summed E-state index contributed by atoms with van der Waals surface area (Å²) in [5.74, 6) is 1.61. The first kappa shape index (κ1) is 14.4. The van der Waals surface area contributed by atoms with Gasteiger partial charge in [0.2, 0.25) is 0 Å². The molecule has 0 radical (unpaired) electrons. The molecule has 1 heterocycles. The van der Waals surface area contributed by atoms with Crippen LogP contribution in [0.15, 0.2) is 24.3 Å². The fourth-order valence-corrected chi connectivity index (χ4v) is 3.96. The van der Waals surface area contributed by atoms with Gasteiger partial charge >= 0.3 is 0 Å². The van der Waals surface area contributed by atoms with Gasteiger partial charge in [0.25, 0.3) is 5.91 Å². The maximum absolute atomic E-state index is 13.0. The summed E-state index contributed by atoms with van der Waals surface area (Å²) >= 11 is 0. The lowest BCUT2D eigenvalue weighted by Crippen LogP contribution is -2.49. The molecule has 2 aliphatic rings. The van der Waals surface area contributed by atoms with Crippen LogP contribution in [0, 0.1) is 5.92 Å². The van der Waals surface area contributed by atoms with Crippen LogP contribution in [0.4, 0.5) is 0 Å². The molecule has 0 N–H and O–H groups in total. The fraction of sp³-hybridized carbons (Fsp3) is 0.611. The fourth-order valence-electron chi connectivity index (χ4n) is 3.96. The number of nitrogens with zero attached hydrogens (tertiary/aromatic N) is 1. The van der Waals surface area contributed by atoms with Crippen LogP contribution < -0.4 is 4.74 Å². The number of piperidine rings is 1. The first-order valence-electron chi connectivity index (χ1n) is 8.34. The van der Waals surface area contributed by atoms with Crippen LogP contribution in [0.25, 0.3) is 0 Å². The SMILES string of the molecule is CCOc1ccccc1C(=O)N1CCCC2CCCCC21. The van der Waals surface area contributed by atoms with Gasteiger partial charge in [0.15, 0.2) is 0 Å². The largest absolute Gasteiger partial charge is 0.493 e. The third-order valence-electron chi connectivity index (χ3n) is 4.92. The number of ether oxygens (including phenoxy) is 1. The third-order valence-corrected chi connectivity index (χ3v) is 4.92. The first-order valence-corrected chi connectivity index (χ1v) is 8.34. The molecule has 21 heavy (non-hydrogen) atoms. The van der Waals surface area contributed by atoms with E-state index in [9.17, 15) is 4.79 Å². The highest BCUT2D eigenvalue weighted by molar-refractivity contribution is 5.97. The van der Waals surface area contributed by atoms with Crippen LogP contribution in [0.5, 0.6) is 5.75 Å². The molecule has 3 rings (SSSR count). The van der Waals surface area contributed by atoms with Crippen molar-refractivity contribution in [3.63, 3.8) is 0 Å². The minimum Gasteiger partial charge on any atom is -0.493 e. The number of rotatable bonds is 3. The number of hydrogen-bond acceptors (Lipinski definition) is 2. The van der Waals surface area contributed by atoms with E-state index in [0.717, 1.165) is 30.2 Å². The Kier molecular flexibility index (Phi) is 4.47. The van der Waals surface area contributed by atoms with Crippen molar-refractivity contribution in [3.8, 4) is 5.75 Å². The zero-order valence-corrected chi connectivity index (χ0v) is 12.9. The van der Waals surface area contributed by atoms with Gasteiger partial charge in [-0.15, -0.1) is 0 Å². The lowest BCUT2D eigenvalue weighted by molar-refractivity contribution is 0.0387. The quantitative estimate of drug-likeness (QED) is 0.844. The van der Waals surface area contributed by atoms with Crippen molar-refractivity contribution in [2.24, 2.45) is 5.92 Å². The van der Waals surface area contributed by atoms with Crippen molar-refractivity contribution in [2.75, 3.05) is 13.2 Å². The minimum absolute atomic E-state index is 0.163. The number of amides is 1. The van der Waals surface area contributed by atoms with E-state index in [-0.39, 0.29) is 5.91 Å². The summed E-state index contributed by atoms with van der Waals surface area (Å²) in [5.41, 5.74) is 0.727. The number of carbonyl (C=O) groups is 1. The zero-order chi connectivity index (χ0) is 14.7. The van der Waals surface area contributed by atoms with Crippen molar-refractivity contribution in [3.05, 3.63) is 29.8 Å². The van der Waals surface area contributed by atoms with E-state index in [1.807, 2.05) is 31.2 Å². The Hall–Kier alpha value is -1.51. The molecule has 1 aliphatic carbocycles. The molecular weight excluding hydrogens is 262 g/mol. The highest BCUT2D eigenvalue weighted by Crippen LogP contribution is 2.36. The summed E-state index contributed by atoms with van der Waals surface area (Å²) in [7, 11) is 0. The molecular formula is C18H25NO2. The second kappa shape index (κ2) is 6.50. The molecule has 1 saturated carbocycles. The van der Waals surface area contributed by atoms with Gasteiger partial charge in [0.1, 0.15) is 5.75 Å². The lowest BCUT2D eigenvalue weighted by Gasteiger charge is -2.44. The van der Waals surface area contributed by atoms with Gasteiger partial charge in [0.05, 0.1) is 12.2 Å². The zero-order valence-electron chi connectivity index (χ0n) is 12.9. The van der Waals surface area contributed by atoms with Crippen LogP contribution in [0.1, 0.15) is 55.8 Å². The lowest BCUT2D eigenvalue weighted by atomic mass is 9.78. The van der Waals surface area contributed by atoms with Crippen LogP contribution >= 0.6 is 0 Å². The molecule has 1 aromatic carbocycles. The van der Waals surface area contributed by atoms with E-state index < -0.39 is 0 Å². The molecule has 0 aromatic heterocycles. The Morgan fingerprint density at radius 2 is 1.95 bits per heavy atom. The molecule has 1 aromatic rings. The van der Waals surface area contributed by atoms with E-state index in [1.54, 1.807) is 0 Å². The Labute approximate surface area is 127 Å². The van der Waals surface area contributed by atoms with Crippen LogP contribution in [-0.2, 0) is 0 Å². The van der Waals surface area contributed by atoms with Crippen molar-refractivity contribution in [1.82, 2.24) is 4.90 Å². The van der Waals surface area contributed by atoms with Crippen molar-refractivity contribution in [1.29, 1.82) is 0 Å². The summed E-state index contributed by atoms with van der Waals surface area (Å²) in [6, 6.07) is 8.12. The number of carbonyl (C=O) groups excluding carboxylic acids is 1. The Bertz CT molecular complexity index is 498. The summed E-state index contributed by atoms with van der Waals surface area (Å²) in [5, 5.41) is 0. The van der Waals surface area contributed by atoms with E-state index in [4.69, 9.17) is 4.74 Å². The molecule has 0 spiro atoms. The number of hydrogen-bond donors (Lipinski definition) is 0. The molecule has 2 fully saturated rings. The molecule has 114 valence electrons. The number of likely N-dealkylation sites (tertiary alicyclic amines) is 1. The Morgan fingerprint density at radius 3 is 2.81 bits per heavy atom. The summed E-state index contributed by atoms with van der Waals surface area (Å²) < 4.78 is 5.64. The van der Waals surface area contributed by atoms with Gasteiger partial charge in [-0.2, -0.15) is 0 Å². The van der Waals surface area contributed by atoms with Crippen molar-refractivity contribution >= 4 is 5.91 Å². The van der Waals surface area contributed by atoms with E-state index in [0.29, 0.717) is 12.6 Å². The van der Waals surface area contributed by atoms with Gasteiger partial charge in [-0.05, 0) is 50.7 Å². The normalized spacial score (nSPS) is 25.3. The monoisotopic (exact) mass is 287 g/mol. The highest BCUT2D eigenvalue weighted by Gasteiger charge is 2.36. The minimum atomic E-state index is 0.163. The first-order chi connectivity index (χ1) is 10.3. The predicted octanol–water partition coefficient (Wildman–Crippen LogP) is 3.88. The summed E-state index contributed by atoms with van der Waals surface area (Å²) in [6.07, 6.45) is 7.50. The predicted molar refractivity (Wildman–Crippen MR) is 83.6 cm³/mol. The molecule has 1 aliphatic heterocycles. The third kappa shape index (κ3) is 2.92. The second-order valence-corrected chi connectivity index (χ2v) is 6.18. The smallest absolute Gasteiger partial charge is 0.257 e. The molecule has 0 bridgehead atoms. The van der Waals surface area contributed by atoms with Crippen molar-refractivity contribution in [2.45, 2.75) is 51.5 Å². The molecule has 3 nitrogen and oxygen atoms in total. The van der Waals surface area contributed by atoms with Gasteiger partial charge in [0, 0.05) is 12.6 Å². The number of benzene rings is 1. The maximum atomic E-state index is 13.0. The Balaban J connectivity index is 1.83. The van der Waals surface area contributed by atoms with Gasteiger partial charge in [-0.25, -0.2) is 0 Å². The standard InChI is InChI=1S/C18H25NO2/c1-2-21-17-12-6-4-10-15(17)18(20)19-13-7-9-14-8-3-5-11-16(14)19/h4,6,10,12,14,16H,2-3,5,7-9,11,13H2,1H3. The average molecular weight is 287 g/mol. The van der Waals surface area contributed by atoms with Gasteiger partial charge in [-0.3, -0.25) is 4.79 Å². The summed E-state index contributed by atoms with van der Waals surface area (Å²) in [4.78, 5) is 15.1. The molecule has 3 heteroatoms. The molecule has 2 atom stereocenters. The van der Waals surface area contributed by atoms with Gasteiger partial charge < -0.3 is 9.64 Å². The van der Waals surface area contributed by atoms with Crippen LogP contribution in [0.2, 0.25) is 0 Å². The Morgan fingerprint density at radius 1 is 1.19 bits per heavy atom. The summed E-state index contributed by atoms with van der Waals surface area (Å²) in [6.45, 7) is 3.45. The second-order valence-electron chi connectivity index (χ2n) is 6.18. The van der Waals surface area contributed by atoms with E-state index in [1.165, 1.54) is 32.1 Å². The van der Waals surface area contributed by atoms with E-state index in [2.05, 4.69) is 4.90 Å². The van der Waals surface area contributed by atoms with Gasteiger partial charge in [-0.1, -0.05) is 25.0 Å². The van der Waals surface area contributed by atoms with Crippen LogP contribution in [-0.4, -0.2) is 30.0 Å². The van der Waals surface area contributed by atoms with E-state index >= 15 is 0 Å². The molecule has 2 unspecified atom stereocenters. The number of fused-ring (bicyclic) bond motifs is 1. The average Bonchev–Trinajstić information content (AvgIpc) is 2.54. The molecule has 1 amide bonds. The number of para-hydroxylation sites is 1. The maximum Gasteiger partial charge on any atom is 0.257 e. The van der Waals surface area contributed by atoms with Crippen molar-refractivity contribution < 1.29 is 9.53 Å².